The van der Waals surface area contributed by atoms with Gasteiger partial charge in [-0.05, 0) is 37.5 Å². The molecule has 1 aliphatic rings. The van der Waals surface area contributed by atoms with Crippen LogP contribution in [-0.4, -0.2) is 16.1 Å². The number of rotatable bonds is 2. The zero-order valence-electron chi connectivity index (χ0n) is 10.7. The smallest absolute Gasteiger partial charge is 0.307 e. The number of hydrogen-bond acceptors (Lipinski definition) is 3. The van der Waals surface area contributed by atoms with E-state index in [4.69, 9.17) is 4.42 Å². The van der Waals surface area contributed by atoms with Crippen LogP contribution in [0.15, 0.2) is 34.8 Å². The number of allylic oxidation sites excluding steroid dienone is 2. The van der Waals surface area contributed by atoms with Crippen molar-refractivity contribution in [2.24, 2.45) is 5.92 Å². The molecule has 1 heterocycles. The number of aryl methyl sites for hydroxylation is 1. The van der Waals surface area contributed by atoms with Gasteiger partial charge in [0.2, 0.25) is 0 Å². The fourth-order valence-corrected chi connectivity index (χ4v) is 2.57. The van der Waals surface area contributed by atoms with Crippen LogP contribution in [0.1, 0.15) is 30.2 Å². The fourth-order valence-electron chi connectivity index (χ4n) is 2.57. The molecule has 1 aliphatic carbocycles. The molecule has 0 aliphatic heterocycles. The normalized spacial score (nSPS) is 22.8. The van der Waals surface area contributed by atoms with Gasteiger partial charge in [-0.25, -0.2) is 4.98 Å². The molecule has 1 aromatic carbocycles. The molecule has 19 heavy (non-hydrogen) atoms. The molecule has 2 atom stereocenters. The van der Waals surface area contributed by atoms with Gasteiger partial charge in [-0.1, -0.05) is 18.2 Å². The van der Waals surface area contributed by atoms with Gasteiger partial charge in [0.25, 0.3) is 0 Å². The second-order valence-electron chi connectivity index (χ2n) is 5.02. The highest BCUT2D eigenvalue weighted by molar-refractivity contribution is 5.74. The molecule has 4 heteroatoms. The molecule has 0 bridgehead atoms. The van der Waals surface area contributed by atoms with Crippen LogP contribution in [0, 0.1) is 12.8 Å². The SMILES string of the molecule is Cc1ccc2oc([C@@H]3CC=CC[C@@H]3C(=O)O)nc2c1. The first-order valence-electron chi connectivity index (χ1n) is 6.40. The predicted octanol–water partition coefficient (Wildman–Crippen LogP) is 3.27. The molecular formula is C15H15NO3. The molecule has 1 N–H and O–H groups in total. The summed E-state index contributed by atoms with van der Waals surface area (Å²) in [5, 5.41) is 9.29. The molecule has 0 radical (unpaired) electrons. The van der Waals surface area contributed by atoms with E-state index in [1.807, 2.05) is 37.3 Å². The average Bonchev–Trinajstić information content (AvgIpc) is 2.81. The van der Waals surface area contributed by atoms with Gasteiger partial charge in [-0.3, -0.25) is 4.79 Å². The number of nitrogens with zero attached hydrogens (tertiary/aromatic N) is 1. The van der Waals surface area contributed by atoms with Crippen molar-refractivity contribution in [3.63, 3.8) is 0 Å². The van der Waals surface area contributed by atoms with E-state index >= 15 is 0 Å². The summed E-state index contributed by atoms with van der Waals surface area (Å²) >= 11 is 0. The first-order valence-corrected chi connectivity index (χ1v) is 6.40. The highest BCUT2D eigenvalue weighted by Gasteiger charge is 2.33. The second kappa shape index (κ2) is 4.53. The Kier molecular flexibility index (Phi) is 2.85. The first kappa shape index (κ1) is 12.0. The fraction of sp³-hybridized carbons (Fsp3) is 0.333. The molecule has 0 fully saturated rings. The molecule has 3 rings (SSSR count). The van der Waals surface area contributed by atoms with Gasteiger partial charge in [0.15, 0.2) is 11.5 Å². The summed E-state index contributed by atoms with van der Waals surface area (Å²) in [5.41, 5.74) is 2.64. The molecule has 0 unspecified atom stereocenters. The third-order valence-electron chi connectivity index (χ3n) is 3.63. The number of oxazole rings is 1. The van der Waals surface area contributed by atoms with Crippen molar-refractivity contribution in [1.82, 2.24) is 4.98 Å². The Morgan fingerprint density at radius 3 is 2.95 bits per heavy atom. The van der Waals surface area contributed by atoms with E-state index in [2.05, 4.69) is 4.98 Å². The van der Waals surface area contributed by atoms with Crippen molar-refractivity contribution >= 4 is 17.1 Å². The number of hydrogen-bond donors (Lipinski definition) is 1. The topological polar surface area (TPSA) is 63.3 Å². The lowest BCUT2D eigenvalue weighted by Crippen LogP contribution is -2.23. The Morgan fingerprint density at radius 2 is 2.16 bits per heavy atom. The monoisotopic (exact) mass is 257 g/mol. The van der Waals surface area contributed by atoms with Gasteiger partial charge in [0, 0.05) is 0 Å². The lowest BCUT2D eigenvalue weighted by molar-refractivity contribution is -0.142. The zero-order valence-corrected chi connectivity index (χ0v) is 10.7. The van der Waals surface area contributed by atoms with E-state index < -0.39 is 11.9 Å². The quantitative estimate of drug-likeness (QED) is 0.839. The summed E-state index contributed by atoms with van der Waals surface area (Å²) in [6, 6.07) is 5.80. The third kappa shape index (κ3) is 2.14. The zero-order chi connectivity index (χ0) is 13.4. The Hall–Kier alpha value is -2.10. The summed E-state index contributed by atoms with van der Waals surface area (Å²) in [6.07, 6.45) is 5.13. The predicted molar refractivity (Wildman–Crippen MR) is 71.0 cm³/mol. The van der Waals surface area contributed by atoms with E-state index in [-0.39, 0.29) is 5.92 Å². The molecular weight excluding hydrogens is 242 g/mol. The Morgan fingerprint density at radius 1 is 1.37 bits per heavy atom. The minimum atomic E-state index is -0.784. The van der Waals surface area contributed by atoms with E-state index in [9.17, 15) is 9.90 Å². The maximum atomic E-state index is 11.3. The molecule has 2 aromatic rings. The highest BCUT2D eigenvalue weighted by Crippen LogP contribution is 2.35. The Bertz CT molecular complexity index is 656. The summed E-state index contributed by atoms with van der Waals surface area (Å²) in [4.78, 5) is 15.8. The van der Waals surface area contributed by atoms with Crippen LogP contribution >= 0.6 is 0 Å². The number of carboxylic acids is 1. The molecule has 1 aromatic heterocycles. The summed E-state index contributed by atoms with van der Waals surface area (Å²) in [7, 11) is 0. The maximum absolute atomic E-state index is 11.3. The highest BCUT2D eigenvalue weighted by atomic mass is 16.4. The summed E-state index contributed by atoms with van der Waals surface area (Å²) < 4.78 is 5.73. The second-order valence-corrected chi connectivity index (χ2v) is 5.02. The molecule has 0 amide bonds. The van der Waals surface area contributed by atoms with Gasteiger partial charge in [0.05, 0.1) is 11.8 Å². The summed E-state index contributed by atoms with van der Waals surface area (Å²) in [5.74, 6) is -0.862. The van der Waals surface area contributed by atoms with Gasteiger partial charge >= 0.3 is 5.97 Å². The number of benzene rings is 1. The minimum Gasteiger partial charge on any atom is -0.481 e. The van der Waals surface area contributed by atoms with Crippen molar-refractivity contribution in [2.45, 2.75) is 25.7 Å². The van der Waals surface area contributed by atoms with Crippen molar-refractivity contribution in [1.29, 1.82) is 0 Å². The molecule has 0 saturated carbocycles. The van der Waals surface area contributed by atoms with Crippen LogP contribution in [0.3, 0.4) is 0 Å². The number of aromatic nitrogens is 1. The van der Waals surface area contributed by atoms with Crippen LogP contribution < -0.4 is 0 Å². The van der Waals surface area contributed by atoms with E-state index in [0.29, 0.717) is 18.7 Å². The lowest BCUT2D eigenvalue weighted by Gasteiger charge is -2.21. The number of carboxylic acid groups (broad SMARTS) is 1. The van der Waals surface area contributed by atoms with Crippen LogP contribution in [0.5, 0.6) is 0 Å². The average molecular weight is 257 g/mol. The number of carbonyl (C=O) groups is 1. The third-order valence-corrected chi connectivity index (χ3v) is 3.63. The molecule has 98 valence electrons. The minimum absolute atomic E-state index is 0.171. The van der Waals surface area contributed by atoms with Gasteiger partial charge in [-0.2, -0.15) is 0 Å². The van der Waals surface area contributed by atoms with Gasteiger partial charge in [-0.15, -0.1) is 0 Å². The van der Waals surface area contributed by atoms with E-state index in [1.54, 1.807) is 0 Å². The van der Waals surface area contributed by atoms with Crippen molar-refractivity contribution in [3.05, 3.63) is 41.8 Å². The lowest BCUT2D eigenvalue weighted by atomic mass is 9.83. The van der Waals surface area contributed by atoms with Gasteiger partial charge in [0.1, 0.15) is 5.52 Å². The standard InChI is InChI=1S/C15H15NO3/c1-9-6-7-13-12(8-9)16-14(19-13)10-4-2-3-5-11(10)15(17)18/h2-3,6-8,10-11H,4-5H2,1H3,(H,17,18)/t10-,11+/m1/s1. The molecule has 0 spiro atoms. The summed E-state index contributed by atoms with van der Waals surface area (Å²) in [6.45, 7) is 2.00. The Labute approximate surface area is 110 Å². The number of aliphatic carboxylic acids is 1. The maximum Gasteiger partial charge on any atom is 0.307 e. The van der Waals surface area contributed by atoms with Crippen LogP contribution in [0.25, 0.3) is 11.1 Å². The molecule has 0 saturated heterocycles. The largest absolute Gasteiger partial charge is 0.481 e. The Balaban J connectivity index is 2.02. The van der Waals surface area contributed by atoms with Crippen LogP contribution in [-0.2, 0) is 4.79 Å². The van der Waals surface area contributed by atoms with Crippen molar-refractivity contribution < 1.29 is 14.3 Å². The van der Waals surface area contributed by atoms with Crippen molar-refractivity contribution in [2.75, 3.05) is 0 Å². The van der Waals surface area contributed by atoms with E-state index in [0.717, 1.165) is 16.7 Å². The van der Waals surface area contributed by atoms with Crippen LogP contribution in [0.4, 0.5) is 0 Å². The number of fused-ring (bicyclic) bond motifs is 1. The van der Waals surface area contributed by atoms with E-state index in [1.165, 1.54) is 0 Å². The van der Waals surface area contributed by atoms with Crippen molar-refractivity contribution in [3.8, 4) is 0 Å². The molecule has 4 nitrogen and oxygen atoms in total. The van der Waals surface area contributed by atoms with Crippen LogP contribution in [0.2, 0.25) is 0 Å². The van der Waals surface area contributed by atoms with Gasteiger partial charge < -0.3 is 9.52 Å². The first-order chi connectivity index (χ1) is 9.15.